The summed E-state index contributed by atoms with van der Waals surface area (Å²) >= 11 is 0. The smallest absolute Gasteiger partial charge is 0.257 e. The Morgan fingerprint density at radius 2 is 1.79 bits per heavy atom. The molecule has 0 aliphatic rings. The summed E-state index contributed by atoms with van der Waals surface area (Å²) in [4.78, 5) is 21.9. The molecular weight excluding hydrogens is 434 g/mol. The minimum absolute atomic E-state index is 0.216. The predicted octanol–water partition coefficient (Wildman–Crippen LogP) is 5.66. The van der Waals surface area contributed by atoms with Crippen molar-refractivity contribution in [2.75, 3.05) is 26.2 Å². The second-order valence-electron chi connectivity index (χ2n) is 8.27. The van der Waals surface area contributed by atoms with Crippen LogP contribution in [0.15, 0.2) is 54.6 Å². The van der Waals surface area contributed by atoms with Crippen LogP contribution in [0.5, 0.6) is 0 Å². The van der Waals surface area contributed by atoms with E-state index in [1.165, 1.54) is 12.1 Å². The van der Waals surface area contributed by atoms with Crippen molar-refractivity contribution >= 4 is 16.9 Å². The Morgan fingerprint density at radius 3 is 2.53 bits per heavy atom. The minimum Gasteiger partial charge on any atom is -0.331 e. The number of benzene rings is 2. The number of unbranched alkanes of at least 4 members (excludes halogenated alkanes) is 1. The summed E-state index contributed by atoms with van der Waals surface area (Å²) in [5.74, 6) is -1.94. The van der Waals surface area contributed by atoms with Gasteiger partial charge in [-0.3, -0.25) is 4.79 Å². The van der Waals surface area contributed by atoms with Crippen LogP contribution in [0, 0.1) is 11.6 Å². The van der Waals surface area contributed by atoms with E-state index in [0.29, 0.717) is 13.1 Å². The molecule has 0 aliphatic carbocycles. The van der Waals surface area contributed by atoms with Gasteiger partial charge in [-0.1, -0.05) is 57.5 Å². The van der Waals surface area contributed by atoms with Crippen molar-refractivity contribution in [3.63, 3.8) is 0 Å². The fourth-order valence-corrected chi connectivity index (χ4v) is 3.95. The first-order valence-electron chi connectivity index (χ1n) is 12.0. The first kappa shape index (κ1) is 25.6. The molecule has 0 spiro atoms. The Labute approximate surface area is 200 Å². The van der Waals surface area contributed by atoms with Crippen molar-refractivity contribution in [2.45, 2.75) is 46.7 Å². The highest BCUT2D eigenvalue weighted by molar-refractivity contribution is 5.94. The molecule has 0 unspecified atom stereocenters. The number of carbonyl (C=O) groups is 1. The average molecular weight is 469 g/mol. The third-order valence-corrected chi connectivity index (χ3v) is 6.03. The van der Waals surface area contributed by atoms with E-state index in [-0.39, 0.29) is 12.1 Å². The molecule has 1 amide bonds. The van der Waals surface area contributed by atoms with Crippen LogP contribution < -0.4 is 0 Å². The Morgan fingerprint density at radius 1 is 1.03 bits per heavy atom. The summed E-state index contributed by atoms with van der Waals surface area (Å²) in [6, 6.07) is 11.6. The number of aromatic nitrogens is 2. The average Bonchev–Trinajstić information content (AvgIpc) is 3.20. The lowest BCUT2D eigenvalue weighted by molar-refractivity contribution is 0.0729. The molecule has 0 radical (unpaired) electrons. The van der Waals surface area contributed by atoms with E-state index >= 15 is 0 Å². The van der Waals surface area contributed by atoms with Gasteiger partial charge in [0.05, 0.1) is 23.1 Å². The van der Waals surface area contributed by atoms with Crippen LogP contribution in [-0.4, -0.2) is 51.4 Å². The molecule has 182 valence electrons. The van der Waals surface area contributed by atoms with Crippen LogP contribution in [0.4, 0.5) is 8.78 Å². The van der Waals surface area contributed by atoms with Crippen LogP contribution in [0.1, 0.15) is 49.8 Å². The van der Waals surface area contributed by atoms with Gasteiger partial charge in [0, 0.05) is 19.6 Å². The number of hydrogen-bond acceptors (Lipinski definition) is 3. The maximum Gasteiger partial charge on any atom is 0.257 e. The normalized spacial score (nSPS) is 11.7. The summed E-state index contributed by atoms with van der Waals surface area (Å²) in [7, 11) is 0. The highest BCUT2D eigenvalue weighted by atomic mass is 19.2. The van der Waals surface area contributed by atoms with E-state index in [9.17, 15) is 13.6 Å². The van der Waals surface area contributed by atoms with E-state index in [1.54, 1.807) is 4.90 Å². The number of allylic oxidation sites excluding steroid dienone is 1. The van der Waals surface area contributed by atoms with Crippen LogP contribution in [0.2, 0.25) is 0 Å². The highest BCUT2D eigenvalue weighted by Gasteiger charge is 2.23. The molecule has 2 aromatic carbocycles. The van der Waals surface area contributed by atoms with E-state index in [0.717, 1.165) is 55.4 Å². The lowest BCUT2D eigenvalue weighted by Crippen LogP contribution is -2.33. The van der Waals surface area contributed by atoms with Gasteiger partial charge in [0.25, 0.3) is 5.91 Å². The largest absolute Gasteiger partial charge is 0.331 e. The Bertz CT molecular complexity index is 1120. The molecule has 5 nitrogen and oxygen atoms in total. The first-order chi connectivity index (χ1) is 16.5. The van der Waals surface area contributed by atoms with Gasteiger partial charge in [-0.25, -0.2) is 13.8 Å². The lowest BCUT2D eigenvalue weighted by Gasteiger charge is -2.23. The number of likely N-dealkylation sites (N-methyl/N-ethyl adjacent to an activating group) is 1. The quantitative estimate of drug-likeness (QED) is 0.322. The molecule has 1 aromatic heterocycles. The standard InChI is InChI=1S/C27H34F2N4O/c1-4-7-18-32(27(34)21-13-12-14-22(28)26(21)29)20-25-30-23-15-8-9-16-24(23)33(25)19-11-10-17-31(5-2)6-3/h8-16H,4-7,17-20H2,1-3H3/b11-10-. The predicted molar refractivity (Wildman–Crippen MR) is 133 cm³/mol. The van der Waals surface area contributed by atoms with Crippen LogP contribution >= 0.6 is 0 Å². The molecule has 0 saturated heterocycles. The maximum absolute atomic E-state index is 14.4. The number of hydrogen-bond donors (Lipinski definition) is 0. The number of amides is 1. The first-order valence-corrected chi connectivity index (χ1v) is 12.0. The van der Waals surface area contributed by atoms with Crippen LogP contribution in [0.25, 0.3) is 11.0 Å². The van der Waals surface area contributed by atoms with Crippen molar-refractivity contribution in [1.29, 1.82) is 0 Å². The summed E-state index contributed by atoms with van der Waals surface area (Å²) < 4.78 is 30.3. The minimum atomic E-state index is -1.11. The van der Waals surface area contributed by atoms with E-state index < -0.39 is 17.5 Å². The number of para-hydroxylation sites is 2. The molecule has 7 heteroatoms. The van der Waals surface area contributed by atoms with Crippen molar-refractivity contribution in [3.8, 4) is 0 Å². The van der Waals surface area contributed by atoms with Gasteiger partial charge in [0.15, 0.2) is 11.6 Å². The van der Waals surface area contributed by atoms with Gasteiger partial charge in [-0.2, -0.15) is 0 Å². The number of carbonyl (C=O) groups excluding carboxylic acids is 1. The molecule has 0 atom stereocenters. The lowest BCUT2D eigenvalue weighted by atomic mass is 10.1. The number of halogens is 2. The van der Waals surface area contributed by atoms with Gasteiger partial charge in [-0.15, -0.1) is 0 Å². The summed E-state index contributed by atoms with van der Waals surface area (Å²) in [6.45, 7) is 10.4. The van der Waals surface area contributed by atoms with Gasteiger partial charge in [0.2, 0.25) is 0 Å². The Kier molecular flexibility index (Phi) is 9.33. The molecule has 0 bridgehead atoms. The molecule has 3 aromatic rings. The number of imidazole rings is 1. The van der Waals surface area contributed by atoms with Crippen LogP contribution in [-0.2, 0) is 13.1 Å². The molecule has 1 heterocycles. The van der Waals surface area contributed by atoms with Gasteiger partial charge in [-0.05, 0) is 43.8 Å². The molecule has 0 fully saturated rings. The zero-order valence-corrected chi connectivity index (χ0v) is 20.3. The second-order valence-corrected chi connectivity index (χ2v) is 8.27. The zero-order valence-electron chi connectivity index (χ0n) is 20.3. The van der Waals surface area contributed by atoms with Crippen LogP contribution in [0.3, 0.4) is 0 Å². The van der Waals surface area contributed by atoms with Gasteiger partial charge >= 0.3 is 0 Å². The second kappa shape index (κ2) is 12.4. The molecule has 0 aliphatic heterocycles. The van der Waals surface area contributed by atoms with Crippen molar-refractivity contribution in [1.82, 2.24) is 19.4 Å². The Balaban J connectivity index is 1.90. The molecular formula is C27H34F2N4O. The SMILES string of the molecule is CCCCN(Cc1nc2ccccc2n1C/C=C\CN(CC)CC)C(=O)c1cccc(F)c1F. The van der Waals surface area contributed by atoms with E-state index in [1.807, 2.05) is 31.2 Å². The number of nitrogens with zero attached hydrogens (tertiary/aromatic N) is 4. The van der Waals surface area contributed by atoms with Crippen molar-refractivity contribution in [2.24, 2.45) is 0 Å². The molecule has 3 rings (SSSR count). The number of rotatable bonds is 12. The monoisotopic (exact) mass is 468 g/mol. The molecule has 34 heavy (non-hydrogen) atoms. The third kappa shape index (κ3) is 6.08. The summed E-state index contributed by atoms with van der Waals surface area (Å²) in [6.07, 6.45) is 5.89. The highest BCUT2D eigenvalue weighted by Crippen LogP contribution is 2.20. The molecule has 0 saturated carbocycles. The topological polar surface area (TPSA) is 41.4 Å². The van der Waals surface area contributed by atoms with E-state index in [2.05, 4.69) is 35.5 Å². The van der Waals surface area contributed by atoms with Crippen molar-refractivity contribution in [3.05, 3.63) is 77.6 Å². The van der Waals surface area contributed by atoms with Gasteiger partial charge < -0.3 is 14.4 Å². The Hall–Kier alpha value is -3.06. The fourth-order valence-electron chi connectivity index (χ4n) is 3.95. The fraction of sp³-hybridized carbons (Fsp3) is 0.407. The zero-order chi connectivity index (χ0) is 24.5. The number of fused-ring (bicyclic) bond motifs is 1. The van der Waals surface area contributed by atoms with Crippen molar-refractivity contribution < 1.29 is 13.6 Å². The maximum atomic E-state index is 14.4. The molecule has 0 N–H and O–H groups in total. The summed E-state index contributed by atoms with van der Waals surface area (Å²) in [5.41, 5.74) is 1.57. The van der Waals surface area contributed by atoms with Gasteiger partial charge in [0.1, 0.15) is 5.82 Å². The van der Waals surface area contributed by atoms with E-state index in [4.69, 9.17) is 4.98 Å². The third-order valence-electron chi connectivity index (χ3n) is 6.03. The summed E-state index contributed by atoms with van der Waals surface area (Å²) in [5, 5.41) is 0.